The summed E-state index contributed by atoms with van der Waals surface area (Å²) < 4.78 is 40.0. The first-order valence-corrected chi connectivity index (χ1v) is 8.79. The lowest BCUT2D eigenvalue weighted by Gasteiger charge is -2.14. The van der Waals surface area contributed by atoms with E-state index in [9.17, 15) is 18.0 Å². The minimum Gasteiger partial charge on any atom is -0.326 e. The molecule has 3 nitrogen and oxygen atoms in total. The molecule has 2 aromatic carbocycles. The third-order valence-corrected chi connectivity index (χ3v) is 4.45. The van der Waals surface area contributed by atoms with Crippen LogP contribution < -0.4 is 5.32 Å². The molecule has 0 saturated heterocycles. The van der Waals surface area contributed by atoms with Gasteiger partial charge in [0.1, 0.15) is 0 Å². The lowest BCUT2D eigenvalue weighted by molar-refractivity contribution is -0.137. The van der Waals surface area contributed by atoms with Crippen LogP contribution in [0.5, 0.6) is 0 Å². The van der Waals surface area contributed by atoms with Gasteiger partial charge in [-0.1, -0.05) is 29.8 Å². The van der Waals surface area contributed by atoms with Gasteiger partial charge < -0.3 is 5.32 Å². The molecule has 0 bridgehead atoms. The van der Waals surface area contributed by atoms with E-state index in [-0.39, 0.29) is 12.1 Å². The quantitative estimate of drug-likeness (QED) is 0.587. The van der Waals surface area contributed by atoms with Crippen molar-refractivity contribution in [3.05, 3.63) is 82.6 Å². The molecule has 3 aromatic rings. The van der Waals surface area contributed by atoms with Crippen LogP contribution in [0.25, 0.3) is 11.1 Å². The number of halogens is 4. The highest BCUT2D eigenvalue weighted by Crippen LogP contribution is 2.35. The number of benzene rings is 2. The summed E-state index contributed by atoms with van der Waals surface area (Å²) in [6, 6.07) is 13.6. The fraction of sp³-hybridized carbons (Fsp3) is 0.143. The Hall–Kier alpha value is -2.86. The molecule has 0 aliphatic carbocycles. The van der Waals surface area contributed by atoms with E-state index in [4.69, 9.17) is 11.6 Å². The van der Waals surface area contributed by atoms with Crippen LogP contribution in [0, 0.1) is 6.92 Å². The Morgan fingerprint density at radius 1 is 1.07 bits per heavy atom. The molecule has 0 radical (unpaired) electrons. The average molecular weight is 405 g/mol. The van der Waals surface area contributed by atoms with E-state index in [1.165, 1.54) is 12.3 Å². The second kappa shape index (κ2) is 8.02. The second-order valence-corrected chi connectivity index (χ2v) is 6.71. The van der Waals surface area contributed by atoms with E-state index in [0.717, 1.165) is 12.1 Å². The van der Waals surface area contributed by atoms with Crippen LogP contribution in [0.1, 0.15) is 16.8 Å². The fourth-order valence-electron chi connectivity index (χ4n) is 2.78. The third-order valence-electron chi connectivity index (χ3n) is 4.08. The summed E-state index contributed by atoms with van der Waals surface area (Å²) >= 11 is 6.04. The van der Waals surface area contributed by atoms with Crippen LogP contribution in [0.3, 0.4) is 0 Å². The van der Waals surface area contributed by atoms with Crippen molar-refractivity contribution in [1.29, 1.82) is 0 Å². The molecule has 0 saturated carbocycles. The molecule has 7 heteroatoms. The van der Waals surface area contributed by atoms with E-state index < -0.39 is 17.6 Å². The molecule has 1 aromatic heterocycles. The predicted molar refractivity (Wildman–Crippen MR) is 103 cm³/mol. The van der Waals surface area contributed by atoms with Crippen LogP contribution in [0.2, 0.25) is 5.02 Å². The molecule has 1 N–H and O–H groups in total. The summed E-state index contributed by atoms with van der Waals surface area (Å²) in [6.45, 7) is 1.75. The number of anilines is 1. The van der Waals surface area contributed by atoms with Gasteiger partial charge >= 0.3 is 6.18 Å². The second-order valence-electron chi connectivity index (χ2n) is 6.30. The number of aromatic nitrogens is 1. The number of amides is 1. The van der Waals surface area contributed by atoms with Gasteiger partial charge in [-0.05, 0) is 60.0 Å². The van der Waals surface area contributed by atoms with Crippen molar-refractivity contribution in [2.45, 2.75) is 19.5 Å². The van der Waals surface area contributed by atoms with Gasteiger partial charge in [0.2, 0.25) is 5.91 Å². The molecular formula is C21H16ClF3N2O. The third kappa shape index (κ3) is 4.89. The van der Waals surface area contributed by atoms with Crippen LogP contribution in [0.4, 0.5) is 18.9 Å². The van der Waals surface area contributed by atoms with Gasteiger partial charge in [-0.15, -0.1) is 0 Å². The normalized spacial score (nSPS) is 11.3. The number of carbonyl (C=O) groups excluding carboxylic acids is 1. The van der Waals surface area contributed by atoms with Gasteiger partial charge in [-0.2, -0.15) is 13.2 Å². The van der Waals surface area contributed by atoms with E-state index >= 15 is 0 Å². The van der Waals surface area contributed by atoms with Gasteiger partial charge in [-0.3, -0.25) is 9.78 Å². The first-order valence-electron chi connectivity index (χ1n) is 8.41. The Bertz CT molecular complexity index is 1020. The Morgan fingerprint density at radius 2 is 1.82 bits per heavy atom. The molecule has 1 amide bonds. The van der Waals surface area contributed by atoms with E-state index in [2.05, 4.69) is 10.3 Å². The topological polar surface area (TPSA) is 42.0 Å². The van der Waals surface area contributed by atoms with Gasteiger partial charge in [0.25, 0.3) is 0 Å². The largest absolute Gasteiger partial charge is 0.416 e. The van der Waals surface area contributed by atoms with Crippen LogP contribution in [0.15, 0.2) is 60.8 Å². The van der Waals surface area contributed by atoms with Crippen molar-refractivity contribution in [3.63, 3.8) is 0 Å². The van der Waals surface area contributed by atoms with E-state index in [1.807, 2.05) is 0 Å². The zero-order valence-electron chi connectivity index (χ0n) is 14.8. The number of alkyl halides is 3. The highest BCUT2D eigenvalue weighted by molar-refractivity contribution is 6.31. The van der Waals surface area contributed by atoms with Crippen LogP contribution in [-0.2, 0) is 17.4 Å². The summed E-state index contributed by atoms with van der Waals surface area (Å²) in [4.78, 5) is 16.4. The highest BCUT2D eigenvalue weighted by atomic mass is 35.5. The van der Waals surface area contributed by atoms with Gasteiger partial charge in [0.15, 0.2) is 0 Å². The van der Waals surface area contributed by atoms with Gasteiger partial charge in [-0.25, -0.2) is 0 Å². The molecule has 1 heterocycles. The maximum absolute atomic E-state index is 13.3. The predicted octanol–water partition coefficient (Wildman–Crippen LogP) is 5.91. The molecular weight excluding hydrogens is 389 g/mol. The molecule has 0 aliphatic rings. The molecule has 0 fully saturated rings. The Morgan fingerprint density at radius 3 is 2.50 bits per heavy atom. The fourth-order valence-corrected chi connectivity index (χ4v) is 2.98. The van der Waals surface area contributed by atoms with Gasteiger partial charge in [0.05, 0.1) is 12.0 Å². The van der Waals surface area contributed by atoms with Crippen molar-refractivity contribution in [2.24, 2.45) is 0 Å². The van der Waals surface area contributed by atoms with Crippen molar-refractivity contribution < 1.29 is 18.0 Å². The Labute approximate surface area is 165 Å². The lowest BCUT2D eigenvalue weighted by atomic mass is 10.0. The number of hydrogen-bond acceptors (Lipinski definition) is 2. The Kier molecular flexibility index (Phi) is 5.70. The highest BCUT2D eigenvalue weighted by Gasteiger charge is 2.31. The molecule has 0 aliphatic heterocycles. The van der Waals surface area contributed by atoms with Crippen LogP contribution in [-0.4, -0.2) is 10.9 Å². The lowest BCUT2D eigenvalue weighted by Crippen LogP contribution is -2.15. The summed E-state index contributed by atoms with van der Waals surface area (Å²) in [5.41, 5.74) is 1.43. The molecule has 0 unspecified atom stereocenters. The summed E-state index contributed by atoms with van der Waals surface area (Å²) in [7, 11) is 0. The SMILES string of the molecule is Cc1cc(-c2cc(NC(=O)Cc3ccccc3Cl)cc(C(F)(F)F)c2)ccn1. The number of aryl methyl sites for hydroxylation is 1. The van der Waals surface area contributed by atoms with Crippen LogP contribution >= 0.6 is 11.6 Å². The first-order chi connectivity index (χ1) is 13.2. The first kappa shape index (κ1) is 19.9. The Balaban J connectivity index is 1.92. The number of pyridine rings is 1. The minimum absolute atomic E-state index is 0.0420. The van der Waals surface area contributed by atoms with Crippen molar-refractivity contribution >= 4 is 23.2 Å². The molecule has 3 rings (SSSR count). The van der Waals surface area contributed by atoms with Crippen molar-refractivity contribution in [3.8, 4) is 11.1 Å². The van der Waals surface area contributed by atoms with Crippen molar-refractivity contribution in [1.82, 2.24) is 4.98 Å². The molecule has 144 valence electrons. The van der Waals surface area contributed by atoms with E-state index in [1.54, 1.807) is 43.3 Å². The number of nitrogens with one attached hydrogen (secondary N) is 1. The number of carbonyl (C=O) groups is 1. The molecule has 0 spiro atoms. The number of hydrogen-bond donors (Lipinski definition) is 1. The zero-order chi connectivity index (χ0) is 20.3. The van der Waals surface area contributed by atoms with Crippen molar-refractivity contribution in [2.75, 3.05) is 5.32 Å². The maximum Gasteiger partial charge on any atom is 0.416 e. The zero-order valence-corrected chi connectivity index (χ0v) is 15.6. The maximum atomic E-state index is 13.3. The standard InChI is InChI=1S/C21H16ClF3N2O/c1-13-8-14(6-7-26-13)16-9-17(21(23,24)25)12-18(10-16)27-20(28)11-15-4-2-3-5-19(15)22/h2-10,12H,11H2,1H3,(H,27,28). The monoisotopic (exact) mass is 404 g/mol. The smallest absolute Gasteiger partial charge is 0.326 e. The van der Waals surface area contributed by atoms with Gasteiger partial charge in [0, 0.05) is 22.6 Å². The summed E-state index contributed by atoms with van der Waals surface area (Å²) in [5, 5.41) is 2.97. The number of nitrogens with zero attached hydrogens (tertiary/aromatic N) is 1. The minimum atomic E-state index is -4.54. The number of rotatable bonds is 4. The average Bonchev–Trinajstić information content (AvgIpc) is 2.62. The summed E-state index contributed by atoms with van der Waals surface area (Å²) in [5.74, 6) is -0.454. The van der Waals surface area contributed by atoms with E-state index in [0.29, 0.717) is 27.4 Å². The molecule has 0 atom stereocenters. The molecule has 28 heavy (non-hydrogen) atoms. The summed E-state index contributed by atoms with van der Waals surface area (Å²) in [6.07, 6.45) is -3.06.